The van der Waals surface area contributed by atoms with Gasteiger partial charge in [-0.3, -0.25) is 0 Å². The first kappa shape index (κ1) is 27.9. The Hall–Kier alpha value is -0.640. The second kappa shape index (κ2) is 11.6. The lowest BCUT2D eigenvalue weighted by atomic mass is 9.97. The van der Waals surface area contributed by atoms with E-state index in [0.29, 0.717) is 0 Å². The van der Waals surface area contributed by atoms with Crippen molar-refractivity contribution in [2.75, 3.05) is 19.8 Å². The van der Waals surface area contributed by atoms with Gasteiger partial charge in [0.05, 0.1) is 19.8 Å². The van der Waals surface area contributed by atoms with E-state index < -0.39 is 112 Å². The summed E-state index contributed by atoms with van der Waals surface area (Å²) in [6.07, 6.45) is -24.8. The fourth-order valence-electron chi connectivity index (χ4n) is 3.94. The van der Waals surface area contributed by atoms with E-state index in [1.807, 2.05) is 0 Å². The van der Waals surface area contributed by atoms with Gasteiger partial charge in [-0.25, -0.2) is 0 Å². The summed E-state index contributed by atoms with van der Waals surface area (Å²) in [6.45, 7) is -2.02. The summed E-state index contributed by atoms with van der Waals surface area (Å²) in [5.41, 5.74) is 0. The van der Waals surface area contributed by atoms with Crippen molar-refractivity contribution >= 4 is 0 Å². The van der Waals surface area contributed by atoms with Gasteiger partial charge in [0.2, 0.25) is 0 Å². The van der Waals surface area contributed by atoms with Crippen LogP contribution in [0.4, 0.5) is 0 Å². The Labute approximate surface area is 192 Å². The van der Waals surface area contributed by atoms with Gasteiger partial charge in [-0.1, -0.05) is 0 Å². The van der Waals surface area contributed by atoms with Crippen LogP contribution in [0.3, 0.4) is 0 Å². The number of rotatable bonds is 7. The van der Waals surface area contributed by atoms with E-state index in [4.69, 9.17) is 23.7 Å². The highest BCUT2D eigenvalue weighted by Crippen LogP contribution is 2.29. The minimum atomic E-state index is -1.92. The molecule has 0 radical (unpaired) electrons. The van der Waals surface area contributed by atoms with E-state index in [1.165, 1.54) is 0 Å². The van der Waals surface area contributed by atoms with Gasteiger partial charge >= 0.3 is 0 Å². The molecule has 0 unspecified atom stereocenters. The molecule has 0 aromatic heterocycles. The molecule has 0 bridgehead atoms. The van der Waals surface area contributed by atoms with Crippen LogP contribution in [-0.2, 0) is 23.7 Å². The SMILES string of the molecule is OC[C@@H]1O[C@H](OC[C@H]2O[C@@H](O)[C@H](O[C@H]3O[C@@H](CO)[C@H](O)[C@@H](O)[C@@H]3O)[C@@H](O)[C@@H]2O)[C@@H](O)[C@H](O)[C@H]1O. The second-order valence-corrected chi connectivity index (χ2v) is 8.37. The number of hydrogen-bond donors (Lipinski definition) is 11. The first-order chi connectivity index (χ1) is 16.0. The van der Waals surface area contributed by atoms with Crippen molar-refractivity contribution in [2.24, 2.45) is 0 Å². The smallest absolute Gasteiger partial charge is 0.187 e. The van der Waals surface area contributed by atoms with Crippen molar-refractivity contribution < 1.29 is 79.9 Å². The first-order valence-corrected chi connectivity index (χ1v) is 10.6. The lowest BCUT2D eigenvalue weighted by Gasteiger charge is -2.45. The van der Waals surface area contributed by atoms with E-state index >= 15 is 0 Å². The molecule has 3 aliphatic heterocycles. The largest absolute Gasteiger partial charge is 0.394 e. The number of ether oxygens (including phenoxy) is 5. The molecule has 0 aliphatic carbocycles. The van der Waals surface area contributed by atoms with Crippen LogP contribution in [0.5, 0.6) is 0 Å². The summed E-state index contributed by atoms with van der Waals surface area (Å²) in [5, 5.41) is 109. The quantitative estimate of drug-likeness (QED) is 0.154. The van der Waals surface area contributed by atoms with Gasteiger partial charge < -0.3 is 79.9 Å². The van der Waals surface area contributed by atoms with Crippen LogP contribution in [0, 0.1) is 0 Å². The van der Waals surface area contributed by atoms with Crippen LogP contribution in [0.15, 0.2) is 0 Å². The van der Waals surface area contributed by atoms with E-state index in [-0.39, 0.29) is 0 Å². The fraction of sp³-hybridized carbons (Fsp3) is 1.00. The van der Waals surface area contributed by atoms with Crippen molar-refractivity contribution in [1.29, 1.82) is 0 Å². The van der Waals surface area contributed by atoms with Gasteiger partial charge in [0.25, 0.3) is 0 Å². The lowest BCUT2D eigenvalue weighted by molar-refractivity contribution is -0.366. The summed E-state index contributed by atoms with van der Waals surface area (Å²) in [5.74, 6) is 0. The molecule has 16 nitrogen and oxygen atoms in total. The maximum absolute atomic E-state index is 10.4. The van der Waals surface area contributed by atoms with Gasteiger partial charge in [-0.05, 0) is 0 Å². The summed E-state index contributed by atoms with van der Waals surface area (Å²) in [6, 6.07) is 0. The third-order valence-electron chi connectivity index (χ3n) is 6.08. The topological polar surface area (TPSA) is 269 Å². The van der Waals surface area contributed by atoms with E-state index in [1.54, 1.807) is 0 Å². The van der Waals surface area contributed by atoms with Crippen LogP contribution in [0.2, 0.25) is 0 Å². The summed E-state index contributed by atoms with van der Waals surface area (Å²) in [4.78, 5) is 0. The minimum absolute atomic E-state index is 0.593. The highest BCUT2D eigenvalue weighted by molar-refractivity contribution is 4.94. The Bertz CT molecular complexity index is 635. The third-order valence-corrected chi connectivity index (χ3v) is 6.08. The zero-order chi connectivity index (χ0) is 25.3. The van der Waals surface area contributed by atoms with Crippen molar-refractivity contribution in [1.82, 2.24) is 0 Å². The summed E-state index contributed by atoms with van der Waals surface area (Å²) >= 11 is 0. The van der Waals surface area contributed by atoms with Gasteiger partial charge in [0, 0.05) is 0 Å². The molecule has 3 aliphatic rings. The Morgan fingerprint density at radius 3 is 1.50 bits per heavy atom. The molecular weight excluding hydrogens is 472 g/mol. The molecule has 0 spiro atoms. The van der Waals surface area contributed by atoms with Crippen LogP contribution in [0.25, 0.3) is 0 Å². The zero-order valence-corrected chi connectivity index (χ0v) is 17.7. The molecule has 34 heavy (non-hydrogen) atoms. The van der Waals surface area contributed by atoms with Gasteiger partial charge in [0.15, 0.2) is 18.9 Å². The second-order valence-electron chi connectivity index (χ2n) is 8.37. The first-order valence-electron chi connectivity index (χ1n) is 10.6. The predicted octanol–water partition coefficient (Wildman–Crippen LogP) is -7.57. The van der Waals surface area contributed by atoms with E-state index in [2.05, 4.69) is 0 Å². The molecule has 0 amide bonds. The number of aliphatic hydroxyl groups excluding tert-OH is 11. The molecule has 3 rings (SSSR count). The van der Waals surface area contributed by atoms with Crippen molar-refractivity contribution in [3.63, 3.8) is 0 Å². The zero-order valence-electron chi connectivity index (χ0n) is 17.7. The minimum Gasteiger partial charge on any atom is -0.394 e. The Kier molecular flexibility index (Phi) is 9.54. The molecule has 0 aromatic carbocycles. The number of hydrogen-bond acceptors (Lipinski definition) is 16. The molecule has 15 atom stereocenters. The molecule has 3 saturated heterocycles. The summed E-state index contributed by atoms with van der Waals surface area (Å²) < 4.78 is 26.0. The molecule has 3 heterocycles. The summed E-state index contributed by atoms with van der Waals surface area (Å²) in [7, 11) is 0. The standard InChI is InChI=1S/C18H32O16/c19-1-4-7(21)10(24)13(27)17(32-4)30-3-6-9(23)12(26)15(16(29)31-6)34-18-14(28)11(25)8(22)5(2-20)33-18/h4-29H,1-3H2/t4-,5-,6+,7-,8-,9+,10+,11+,12-,13-,14-,15+,16+,17-,18+/m0/s1. The highest BCUT2D eigenvalue weighted by Gasteiger charge is 2.51. The van der Waals surface area contributed by atoms with E-state index in [9.17, 15) is 56.2 Å². The predicted molar refractivity (Wildman–Crippen MR) is 101 cm³/mol. The Morgan fingerprint density at radius 1 is 0.500 bits per heavy atom. The molecule has 200 valence electrons. The maximum Gasteiger partial charge on any atom is 0.187 e. The van der Waals surface area contributed by atoms with Crippen molar-refractivity contribution in [2.45, 2.75) is 92.1 Å². The van der Waals surface area contributed by atoms with Crippen molar-refractivity contribution in [3.05, 3.63) is 0 Å². The van der Waals surface area contributed by atoms with Crippen molar-refractivity contribution in [3.8, 4) is 0 Å². The number of aliphatic hydroxyl groups is 11. The molecule has 16 heteroatoms. The average molecular weight is 504 g/mol. The van der Waals surface area contributed by atoms with Gasteiger partial charge in [0.1, 0.15) is 73.2 Å². The van der Waals surface area contributed by atoms with Gasteiger partial charge in [-0.2, -0.15) is 0 Å². The third kappa shape index (κ3) is 5.52. The molecule has 11 N–H and O–H groups in total. The van der Waals surface area contributed by atoms with E-state index in [0.717, 1.165) is 0 Å². The molecule has 3 fully saturated rings. The van der Waals surface area contributed by atoms with Crippen LogP contribution < -0.4 is 0 Å². The molecular formula is C18H32O16. The molecule has 0 aromatic rings. The van der Waals surface area contributed by atoms with Gasteiger partial charge in [-0.15, -0.1) is 0 Å². The Morgan fingerprint density at radius 2 is 0.971 bits per heavy atom. The highest BCUT2D eigenvalue weighted by atomic mass is 16.7. The van der Waals surface area contributed by atoms with Crippen LogP contribution in [0.1, 0.15) is 0 Å². The fourth-order valence-corrected chi connectivity index (χ4v) is 3.94. The normalized spacial score (nSPS) is 52.5. The monoisotopic (exact) mass is 504 g/mol. The van der Waals surface area contributed by atoms with Crippen LogP contribution >= 0.6 is 0 Å². The van der Waals surface area contributed by atoms with Crippen LogP contribution in [-0.4, -0.2) is 168 Å². The average Bonchev–Trinajstić information content (AvgIpc) is 2.82. The molecule has 0 saturated carbocycles. The lowest BCUT2D eigenvalue weighted by Crippen LogP contribution is -2.64. The maximum atomic E-state index is 10.4. The Balaban J connectivity index is 1.59.